The van der Waals surface area contributed by atoms with Gasteiger partial charge < -0.3 is 28.4 Å². The Kier molecular flexibility index (Phi) is 7.09. The summed E-state index contributed by atoms with van der Waals surface area (Å²) in [5.41, 5.74) is 0. The third-order valence-corrected chi connectivity index (χ3v) is 3.82. The van der Waals surface area contributed by atoms with Crippen LogP contribution in [-0.2, 0) is 47.5 Å². The van der Waals surface area contributed by atoms with Gasteiger partial charge in [-0.15, -0.1) is 0 Å². The van der Waals surface area contributed by atoms with Crippen LogP contribution >= 0.6 is 0 Å². The highest BCUT2D eigenvalue weighted by atomic mass is 19.4. The van der Waals surface area contributed by atoms with Crippen molar-refractivity contribution in [2.24, 2.45) is 0 Å². The van der Waals surface area contributed by atoms with E-state index in [-0.39, 0.29) is 0 Å². The molecule has 29 heavy (non-hydrogen) atoms. The minimum Gasteiger partial charge on any atom is -0.463 e. The van der Waals surface area contributed by atoms with Crippen LogP contribution in [0.3, 0.4) is 0 Å². The predicted molar refractivity (Wildman–Crippen MR) is 82.8 cm³/mol. The van der Waals surface area contributed by atoms with Crippen molar-refractivity contribution in [2.75, 3.05) is 13.2 Å². The number of alkyl halides is 3. The Labute approximate surface area is 163 Å². The van der Waals surface area contributed by atoms with E-state index in [1.807, 2.05) is 0 Å². The van der Waals surface area contributed by atoms with Crippen molar-refractivity contribution in [1.29, 1.82) is 0 Å². The Morgan fingerprint density at radius 1 is 0.966 bits per heavy atom. The van der Waals surface area contributed by atoms with Gasteiger partial charge in [0.2, 0.25) is 0 Å². The fraction of sp³-hybridized carbons (Fsp3) is 0.812. The smallest absolute Gasteiger partial charge is 0.412 e. The van der Waals surface area contributed by atoms with E-state index in [1.165, 1.54) is 0 Å². The van der Waals surface area contributed by atoms with E-state index in [2.05, 4.69) is 4.74 Å². The zero-order valence-electron chi connectivity index (χ0n) is 16.0. The molecule has 0 aromatic heterocycles. The second-order valence-corrected chi connectivity index (χ2v) is 6.46. The van der Waals surface area contributed by atoms with Crippen molar-refractivity contribution in [1.82, 2.24) is 0 Å². The van der Waals surface area contributed by atoms with Gasteiger partial charge in [-0.05, 0) is 0 Å². The zero-order chi connectivity index (χ0) is 22.0. The lowest BCUT2D eigenvalue weighted by molar-refractivity contribution is -0.365. The van der Waals surface area contributed by atoms with Crippen LogP contribution in [0.1, 0.15) is 27.7 Å². The van der Waals surface area contributed by atoms with Gasteiger partial charge in [0.15, 0.2) is 24.6 Å². The first-order valence-electron chi connectivity index (χ1n) is 8.49. The van der Waals surface area contributed by atoms with Gasteiger partial charge in [-0.1, -0.05) is 0 Å². The molecule has 0 aliphatic carbocycles. The molecule has 166 valence electrons. The highest BCUT2D eigenvalue weighted by Crippen LogP contribution is 2.40. The molecule has 6 atom stereocenters. The maximum Gasteiger partial charge on any atom is 0.412 e. The molecule has 0 saturated carbocycles. The summed E-state index contributed by atoms with van der Waals surface area (Å²) in [5, 5.41) is 0. The van der Waals surface area contributed by atoms with E-state index in [0.717, 1.165) is 27.7 Å². The van der Waals surface area contributed by atoms with Crippen molar-refractivity contribution in [2.45, 2.75) is 70.6 Å². The number of ether oxygens (including phenoxy) is 7. The molecule has 10 nitrogen and oxygen atoms in total. The van der Waals surface area contributed by atoms with Crippen molar-refractivity contribution in [3.63, 3.8) is 0 Å². The molecule has 13 heteroatoms. The Hall–Kier alpha value is -1.96. The summed E-state index contributed by atoms with van der Waals surface area (Å²) in [6, 6.07) is 0. The largest absolute Gasteiger partial charge is 0.463 e. The quantitative estimate of drug-likeness (QED) is 0.443. The maximum absolute atomic E-state index is 12.5. The summed E-state index contributed by atoms with van der Waals surface area (Å²) in [6.45, 7) is 2.29. The third-order valence-electron chi connectivity index (χ3n) is 3.82. The first-order chi connectivity index (χ1) is 13.3. The van der Waals surface area contributed by atoms with Crippen LogP contribution in [0.25, 0.3) is 0 Å². The Balaban J connectivity index is 2.26. The normalized spacial score (nSPS) is 34.2. The molecule has 0 radical (unpaired) electrons. The van der Waals surface area contributed by atoms with E-state index < -0.39 is 74.0 Å². The minimum absolute atomic E-state index is 0.405. The SMILES string of the molecule is CC(=O)OC[C@H]1O[C@@H]2O[C@@](C)(OCC(F)(F)F)O[C@@H]2[C@@H](OC(C)=O)[C@@H]1OC(C)=O. The van der Waals surface area contributed by atoms with Crippen molar-refractivity contribution in [3.8, 4) is 0 Å². The summed E-state index contributed by atoms with van der Waals surface area (Å²) in [5.74, 6) is -4.40. The zero-order valence-corrected chi connectivity index (χ0v) is 16.0. The van der Waals surface area contributed by atoms with Crippen LogP contribution in [0.4, 0.5) is 13.2 Å². The van der Waals surface area contributed by atoms with E-state index in [9.17, 15) is 27.6 Å². The highest BCUT2D eigenvalue weighted by Gasteiger charge is 2.60. The fourth-order valence-corrected chi connectivity index (χ4v) is 2.86. The van der Waals surface area contributed by atoms with Crippen LogP contribution in [0.15, 0.2) is 0 Å². The summed E-state index contributed by atoms with van der Waals surface area (Å²) < 4.78 is 73.6. The Morgan fingerprint density at radius 3 is 2.07 bits per heavy atom. The Bertz CT molecular complexity index is 639. The first-order valence-corrected chi connectivity index (χ1v) is 8.49. The lowest BCUT2D eigenvalue weighted by Gasteiger charge is -2.40. The number of fused-ring (bicyclic) bond motifs is 1. The van der Waals surface area contributed by atoms with Crippen molar-refractivity contribution < 1.29 is 60.7 Å². The van der Waals surface area contributed by atoms with Crippen molar-refractivity contribution >= 4 is 17.9 Å². The molecule has 0 N–H and O–H groups in total. The van der Waals surface area contributed by atoms with Gasteiger partial charge in [0.05, 0.1) is 0 Å². The number of halogens is 3. The molecule has 2 rings (SSSR count). The molecule has 2 fully saturated rings. The van der Waals surface area contributed by atoms with Gasteiger partial charge in [0, 0.05) is 27.7 Å². The van der Waals surface area contributed by atoms with Gasteiger partial charge in [-0.3, -0.25) is 19.1 Å². The molecular formula is C16H21F3O10. The van der Waals surface area contributed by atoms with Crippen LogP contribution < -0.4 is 0 Å². The number of hydrogen-bond donors (Lipinski definition) is 0. The Morgan fingerprint density at radius 2 is 1.55 bits per heavy atom. The molecular weight excluding hydrogens is 409 g/mol. The molecule has 0 spiro atoms. The second-order valence-electron chi connectivity index (χ2n) is 6.46. The fourth-order valence-electron chi connectivity index (χ4n) is 2.86. The monoisotopic (exact) mass is 430 g/mol. The first kappa shape index (κ1) is 23.3. The molecule has 2 saturated heterocycles. The van der Waals surface area contributed by atoms with E-state index in [0.29, 0.717) is 0 Å². The molecule has 2 aliphatic heterocycles. The summed E-state index contributed by atoms with van der Waals surface area (Å²) in [4.78, 5) is 34.2. The molecule has 0 unspecified atom stereocenters. The summed E-state index contributed by atoms with van der Waals surface area (Å²) in [6.07, 6.45) is -11.1. The van der Waals surface area contributed by atoms with Crippen LogP contribution in [0, 0.1) is 0 Å². The standard InChI is InChI=1S/C16H21F3O10/c1-7(20)23-5-10-11(25-8(2)21)12(26-9(3)22)13-14(27-10)29-15(4,28-13)24-6-16(17,18)19/h10-14H,5-6H2,1-4H3/t10-,11-,12+,13-,14-,15+/m1/s1. The topological polar surface area (TPSA) is 116 Å². The van der Waals surface area contributed by atoms with Crippen LogP contribution in [0.5, 0.6) is 0 Å². The third kappa shape index (κ3) is 6.52. The lowest BCUT2D eigenvalue weighted by Crippen LogP contribution is -2.60. The van der Waals surface area contributed by atoms with E-state index in [4.69, 9.17) is 28.4 Å². The molecule has 0 aromatic carbocycles. The number of esters is 3. The van der Waals surface area contributed by atoms with Gasteiger partial charge in [0.1, 0.15) is 19.3 Å². The minimum atomic E-state index is -4.65. The van der Waals surface area contributed by atoms with Crippen LogP contribution in [-0.4, -0.2) is 74.0 Å². The molecule has 2 heterocycles. The second kappa shape index (κ2) is 8.81. The van der Waals surface area contributed by atoms with Gasteiger partial charge >= 0.3 is 24.1 Å². The summed E-state index contributed by atoms with van der Waals surface area (Å²) in [7, 11) is 0. The predicted octanol–water partition coefficient (Wildman–Crippen LogP) is 0.806. The van der Waals surface area contributed by atoms with E-state index >= 15 is 0 Å². The molecule has 0 aromatic rings. The number of carbonyl (C=O) groups excluding carboxylic acids is 3. The number of hydrogen-bond acceptors (Lipinski definition) is 10. The van der Waals surface area contributed by atoms with E-state index in [1.54, 1.807) is 0 Å². The van der Waals surface area contributed by atoms with Gasteiger partial charge in [-0.25, -0.2) is 0 Å². The molecule has 2 aliphatic rings. The average molecular weight is 430 g/mol. The average Bonchev–Trinajstić information content (AvgIpc) is 2.89. The van der Waals surface area contributed by atoms with Gasteiger partial charge in [0.25, 0.3) is 5.97 Å². The maximum atomic E-state index is 12.5. The number of carbonyl (C=O) groups is 3. The highest BCUT2D eigenvalue weighted by molar-refractivity contribution is 5.67. The molecule has 0 bridgehead atoms. The number of rotatable bonds is 6. The van der Waals surface area contributed by atoms with Crippen LogP contribution in [0.2, 0.25) is 0 Å². The summed E-state index contributed by atoms with van der Waals surface area (Å²) >= 11 is 0. The van der Waals surface area contributed by atoms with Crippen molar-refractivity contribution in [3.05, 3.63) is 0 Å². The van der Waals surface area contributed by atoms with Gasteiger partial charge in [-0.2, -0.15) is 13.2 Å². The lowest BCUT2D eigenvalue weighted by atomic mass is 9.98. The molecule has 0 amide bonds.